The molecule has 1 nitrogen and oxygen atoms in total. The van der Waals surface area contributed by atoms with E-state index in [1.54, 1.807) is 0 Å². The number of hydrogen-bond acceptors (Lipinski definition) is 2. The molecule has 0 saturated heterocycles. The number of fused-ring (bicyclic) bond motifs is 4. The average Bonchev–Trinajstić information content (AvgIpc) is 3.03. The van der Waals surface area contributed by atoms with Crippen LogP contribution in [0.2, 0.25) is 0 Å². The predicted octanol–water partition coefficient (Wildman–Crippen LogP) is 4.15. The summed E-state index contributed by atoms with van der Waals surface area (Å²) in [6.45, 7) is 0.158. The fourth-order valence-corrected chi connectivity index (χ4v) is 13.4. The third-order valence-electron chi connectivity index (χ3n) is 8.35. The molecule has 188 valence electrons. The number of benzene rings is 6. The standard InChI is InChI=1S/C36H25BOSSi/c1-4-14-26(15-5-1)38-31-22-12-21-30-36(31)39-32-23-13-25-34-35(32)37(30)29-20-10-11-24-33(29)40(34,27-16-6-2-7-17-27)28-18-8-3-9-19-28/h1-25H. The first kappa shape index (κ1) is 23.6. The minimum absolute atomic E-state index is 0.158. The Morgan fingerprint density at radius 2 is 1.07 bits per heavy atom. The van der Waals surface area contributed by atoms with Gasteiger partial charge in [-0.05, 0) is 45.0 Å². The smallest absolute Gasteiger partial charge is 0.244 e. The van der Waals surface area contributed by atoms with Gasteiger partial charge in [-0.25, -0.2) is 0 Å². The monoisotopic (exact) mass is 544 g/mol. The number of rotatable bonds is 4. The highest BCUT2D eigenvalue weighted by Crippen LogP contribution is 2.38. The minimum atomic E-state index is -2.57. The van der Waals surface area contributed by atoms with Gasteiger partial charge in [0.1, 0.15) is 11.5 Å². The molecule has 0 amide bonds. The van der Waals surface area contributed by atoms with Crippen molar-refractivity contribution in [3.05, 3.63) is 152 Å². The van der Waals surface area contributed by atoms with E-state index in [0.29, 0.717) is 0 Å². The molecule has 0 atom stereocenters. The zero-order valence-corrected chi connectivity index (χ0v) is 23.6. The van der Waals surface area contributed by atoms with Gasteiger partial charge in [-0.15, -0.1) is 0 Å². The normalized spacial score (nSPS) is 14.1. The SMILES string of the molecule is c1ccc(Oc2cccc3c2Sc2cccc4c2B3c2ccccc2[Si]4(c2ccccc2)c2ccccc2)cc1. The summed E-state index contributed by atoms with van der Waals surface area (Å²) >= 11 is 1.86. The summed E-state index contributed by atoms with van der Waals surface area (Å²) in [4.78, 5) is 2.54. The van der Waals surface area contributed by atoms with Gasteiger partial charge < -0.3 is 4.74 Å². The molecule has 40 heavy (non-hydrogen) atoms. The second kappa shape index (κ2) is 9.44. The molecule has 0 spiro atoms. The Hall–Kier alpha value is -4.25. The second-order valence-corrected chi connectivity index (χ2v) is 15.2. The van der Waals surface area contributed by atoms with E-state index >= 15 is 0 Å². The predicted molar refractivity (Wildman–Crippen MR) is 172 cm³/mol. The summed E-state index contributed by atoms with van der Waals surface area (Å²) in [6, 6.07) is 55.4. The highest BCUT2D eigenvalue weighted by Gasteiger charge is 2.52. The Morgan fingerprint density at radius 1 is 0.500 bits per heavy atom. The molecule has 6 aromatic carbocycles. The number of hydrogen-bond donors (Lipinski definition) is 0. The van der Waals surface area contributed by atoms with Crippen molar-refractivity contribution in [1.82, 2.24) is 0 Å². The molecule has 0 unspecified atom stereocenters. The molecule has 8 rings (SSSR count). The molecule has 2 aliphatic rings. The topological polar surface area (TPSA) is 9.23 Å². The van der Waals surface area contributed by atoms with Crippen LogP contribution in [0.1, 0.15) is 0 Å². The number of para-hydroxylation sites is 1. The molecular weight excluding hydrogens is 519 g/mol. The van der Waals surface area contributed by atoms with Crippen LogP contribution in [0.4, 0.5) is 0 Å². The van der Waals surface area contributed by atoms with Crippen LogP contribution in [0.25, 0.3) is 0 Å². The van der Waals surface area contributed by atoms with E-state index in [0.717, 1.165) is 11.5 Å². The Balaban J connectivity index is 1.43. The van der Waals surface area contributed by atoms with E-state index < -0.39 is 8.07 Å². The van der Waals surface area contributed by atoms with Crippen molar-refractivity contribution in [3.8, 4) is 11.5 Å². The molecule has 0 radical (unpaired) electrons. The van der Waals surface area contributed by atoms with Gasteiger partial charge in [0.05, 0.1) is 4.90 Å². The molecule has 2 heterocycles. The molecule has 4 heteroatoms. The van der Waals surface area contributed by atoms with Gasteiger partial charge >= 0.3 is 0 Å². The van der Waals surface area contributed by atoms with Crippen LogP contribution < -0.4 is 41.9 Å². The van der Waals surface area contributed by atoms with Crippen molar-refractivity contribution in [1.29, 1.82) is 0 Å². The number of ether oxygens (including phenoxy) is 1. The van der Waals surface area contributed by atoms with Crippen LogP contribution in [0.3, 0.4) is 0 Å². The maximum absolute atomic E-state index is 6.49. The molecule has 2 aliphatic heterocycles. The molecule has 0 aromatic heterocycles. The first-order chi connectivity index (χ1) is 19.9. The lowest BCUT2D eigenvalue weighted by Gasteiger charge is -2.44. The molecule has 0 bridgehead atoms. The molecular formula is C36H25BOSSi. The molecule has 0 fully saturated rings. The van der Waals surface area contributed by atoms with Gasteiger partial charge in [-0.1, -0.05) is 156 Å². The van der Waals surface area contributed by atoms with Crippen molar-refractivity contribution >= 4 is 63.7 Å². The zero-order valence-electron chi connectivity index (χ0n) is 21.8. The highest BCUT2D eigenvalue weighted by atomic mass is 32.2. The zero-order chi connectivity index (χ0) is 26.5. The van der Waals surface area contributed by atoms with Crippen LogP contribution in [0.15, 0.2) is 161 Å². The van der Waals surface area contributed by atoms with Crippen molar-refractivity contribution in [3.63, 3.8) is 0 Å². The van der Waals surface area contributed by atoms with E-state index in [4.69, 9.17) is 4.74 Å². The van der Waals surface area contributed by atoms with E-state index in [-0.39, 0.29) is 6.71 Å². The fourth-order valence-electron chi connectivity index (χ4n) is 6.81. The molecule has 0 N–H and O–H groups in total. The minimum Gasteiger partial charge on any atom is -0.456 e. The van der Waals surface area contributed by atoms with Gasteiger partial charge in [0.25, 0.3) is 0 Å². The molecule has 0 aliphatic carbocycles. The fraction of sp³-hybridized carbons (Fsp3) is 0. The maximum Gasteiger partial charge on any atom is 0.244 e. The van der Waals surface area contributed by atoms with Crippen molar-refractivity contribution in [2.75, 3.05) is 0 Å². The summed E-state index contributed by atoms with van der Waals surface area (Å²) < 4.78 is 6.49. The third kappa shape index (κ3) is 3.43. The third-order valence-corrected chi connectivity index (χ3v) is 14.5. The summed E-state index contributed by atoms with van der Waals surface area (Å²) in [7, 11) is -2.57. The van der Waals surface area contributed by atoms with Crippen LogP contribution in [0.5, 0.6) is 11.5 Å². The van der Waals surface area contributed by atoms with Crippen molar-refractivity contribution in [2.24, 2.45) is 0 Å². The average molecular weight is 545 g/mol. The van der Waals surface area contributed by atoms with Gasteiger partial charge in [0.15, 0.2) is 8.07 Å². The summed E-state index contributed by atoms with van der Waals surface area (Å²) in [5.74, 6) is 1.78. The van der Waals surface area contributed by atoms with E-state index in [1.807, 2.05) is 42.1 Å². The summed E-state index contributed by atoms with van der Waals surface area (Å²) in [5.41, 5.74) is 4.21. The van der Waals surface area contributed by atoms with Crippen LogP contribution in [-0.2, 0) is 0 Å². The van der Waals surface area contributed by atoms with Gasteiger partial charge in [0, 0.05) is 4.90 Å². The lowest BCUT2D eigenvalue weighted by molar-refractivity contribution is 0.472. The Kier molecular flexibility index (Phi) is 5.58. The first-order valence-electron chi connectivity index (χ1n) is 13.7. The van der Waals surface area contributed by atoms with Gasteiger partial charge in [0.2, 0.25) is 6.71 Å². The van der Waals surface area contributed by atoms with Crippen molar-refractivity contribution in [2.45, 2.75) is 9.79 Å². The largest absolute Gasteiger partial charge is 0.456 e. The van der Waals surface area contributed by atoms with E-state index in [1.165, 1.54) is 46.9 Å². The Labute approximate surface area is 240 Å². The second-order valence-electron chi connectivity index (χ2n) is 10.4. The quantitative estimate of drug-likeness (QED) is 0.308. The van der Waals surface area contributed by atoms with E-state index in [9.17, 15) is 0 Å². The van der Waals surface area contributed by atoms with E-state index in [2.05, 4.69) is 121 Å². The molecule has 0 saturated carbocycles. The van der Waals surface area contributed by atoms with Crippen LogP contribution in [-0.4, -0.2) is 14.8 Å². The highest BCUT2D eigenvalue weighted by molar-refractivity contribution is 8.00. The molecule has 6 aromatic rings. The van der Waals surface area contributed by atoms with Crippen LogP contribution in [0, 0.1) is 0 Å². The van der Waals surface area contributed by atoms with Crippen molar-refractivity contribution < 1.29 is 4.74 Å². The summed E-state index contributed by atoms with van der Waals surface area (Å²) in [6.07, 6.45) is 0. The van der Waals surface area contributed by atoms with Gasteiger partial charge in [-0.3, -0.25) is 0 Å². The van der Waals surface area contributed by atoms with Gasteiger partial charge in [-0.2, -0.15) is 0 Å². The Morgan fingerprint density at radius 3 is 1.80 bits per heavy atom. The lowest BCUT2D eigenvalue weighted by atomic mass is 9.36. The summed E-state index contributed by atoms with van der Waals surface area (Å²) in [5, 5.41) is 5.84. The lowest BCUT2D eigenvalue weighted by Crippen LogP contribution is -2.87. The van der Waals surface area contributed by atoms with Crippen LogP contribution >= 0.6 is 11.8 Å². The first-order valence-corrected chi connectivity index (χ1v) is 16.5. The Bertz CT molecular complexity index is 1820. The maximum atomic E-state index is 6.49.